The summed E-state index contributed by atoms with van der Waals surface area (Å²) in [4.78, 5) is 43.6. The zero-order valence-electron chi connectivity index (χ0n) is 22.3. The molecule has 2 unspecified atom stereocenters. The summed E-state index contributed by atoms with van der Waals surface area (Å²) in [6.07, 6.45) is -1.66. The molecule has 1 aromatic carbocycles. The molecule has 1 saturated heterocycles. The fourth-order valence-electron chi connectivity index (χ4n) is 4.55. The Morgan fingerprint density at radius 3 is 2.45 bits per heavy atom. The van der Waals surface area contributed by atoms with E-state index in [1.54, 1.807) is 11.3 Å². The molecule has 0 radical (unpaired) electrons. The molecule has 2 heterocycles. The van der Waals surface area contributed by atoms with Gasteiger partial charge in [-0.05, 0) is 36.3 Å². The maximum absolute atomic E-state index is 13.6. The summed E-state index contributed by atoms with van der Waals surface area (Å²) in [5.41, 5.74) is 4.17. The van der Waals surface area contributed by atoms with Crippen LogP contribution in [0.5, 0.6) is 0 Å². The Hall–Kier alpha value is -2.86. The number of aromatic nitrogens is 1. The van der Waals surface area contributed by atoms with Gasteiger partial charge in [0.05, 0.1) is 28.2 Å². The molecule has 1 aliphatic heterocycles. The van der Waals surface area contributed by atoms with Gasteiger partial charge >= 0.3 is 5.97 Å². The lowest BCUT2D eigenvalue weighted by molar-refractivity contribution is -0.143. The molecule has 2 amide bonds. The molecule has 4 atom stereocenters. The number of carboxylic acid groups (broad SMARTS) is 1. The summed E-state index contributed by atoms with van der Waals surface area (Å²) < 4.78 is 0. The van der Waals surface area contributed by atoms with Gasteiger partial charge in [0.25, 0.3) is 0 Å². The van der Waals surface area contributed by atoms with Gasteiger partial charge in [0.1, 0.15) is 12.3 Å². The van der Waals surface area contributed by atoms with Crippen molar-refractivity contribution in [2.75, 3.05) is 6.54 Å². The SMILES string of the molecule is Cc1ncsc1-c1ccc(CNC(O)[C@@H]2C[C@@H](O)CN2C(=O)C(NC(=O)CCCC(=O)O)C(C)(C)C)cc1. The number of aryl methyl sites for hydroxylation is 1. The first kappa shape index (κ1) is 29.7. The van der Waals surface area contributed by atoms with E-state index < -0.39 is 47.6 Å². The minimum atomic E-state index is -1.09. The number of aliphatic hydroxyl groups is 2. The highest BCUT2D eigenvalue weighted by atomic mass is 32.1. The number of benzene rings is 1. The molecular weight excluding hydrogens is 508 g/mol. The van der Waals surface area contributed by atoms with Gasteiger partial charge in [0, 0.05) is 25.9 Å². The number of nitrogens with one attached hydrogen (secondary N) is 2. The van der Waals surface area contributed by atoms with E-state index >= 15 is 0 Å². The highest BCUT2D eigenvalue weighted by Crippen LogP contribution is 2.29. The van der Waals surface area contributed by atoms with Crippen LogP contribution < -0.4 is 10.6 Å². The van der Waals surface area contributed by atoms with Crippen LogP contribution in [0.25, 0.3) is 10.4 Å². The van der Waals surface area contributed by atoms with Crippen LogP contribution in [0.1, 0.15) is 57.7 Å². The number of aliphatic hydroxyl groups excluding tert-OH is 2. The van der Waals surface area contributed by atoms with E-state index in [4.69, 9.17) is 5.11 Å². The molecule has 1 fully saturated rings. The molecule has 38 heavy (non-hydrogen) atoms. The molecule has 0 bridgehead atoms. The highest BCUT2D eigenvalue weighted by molar-refractivity contribution is 7.13. The molecule has 3 rings (SSSR count). The lowest BCUT2D eigenvalue weighted by Crippen LogP contribution is -2.58. The number of carbonyl (C=O) groups is 3. The van der Waals surface area contributed by atoms with Crippen LogP contribution in [0.2, 0.25) is 0 Å². The number of rotatable bonds is 11. The maximum atomic E-state index is 13.6. The number of likely N-dealkylation sites (tertiary alicyclic amines) is 1. The second kappa shape index (κ2) is 12.8. The van der Waals surface area contributed by atoms with Gasteiger partial charge in [-0.25, -0.2) is 4.98 Å². The molecule has 0 spiro atoms. The molecule has 208 valence electrons. The highest BCUT2D eigenvalue weighted by Gasteiger charge is 2.44. The van der Waals surface area contributed by atoms with Crippen molar-refractivity contribution in [3.63, 3.8) is 0 Å². The fraction of sp³-hybridized carbons (Fsp3) is 0.556. The van der Waals surface area contributed by atoms with Crippen LogP contribution in [-0.4, -0.2) is 73.9 Å². The van der Waals surface area contributed by atoms with E-state index in [1.807, 2.05) is 57.5 Å². The van der Waals surface area contributed by atoms with E-state index in [2.05, 4.69) is 15.6 Å². The van der Waals surface area contributed by atoms with E-state index in [1.165, 1.54) is 4.90 Å². The number of aliphatic carboxylic acids is 1. The fourth-order valence-corrected chi connectivity index (χ4v) is 5.37. The first-order valence-corrected chi connectivity index (χ1v) is 13.7. The molecule has 5 N–H and O–H groups in total. The Balaban J connectivity index is 1.64. The third kappa shape index (κ3) is 7.83. The zero-order chi connectivity index (χ0) is 28.0. The smallest absolute Gasteiger partial charge is 0.303 e. The summed E-state index contributed by atoms with van der Waals surface area (Å²) in [6, 6.07) is 6.37. The number of hydrogen-bond donors (Lipinski definition) is 5. The monoisotopic (exact) mass is 546 g/mol. The lowest BCUT2D eigenvalue weighted by atomic mass is 9.85. The Labute approximate surface area is 227 Å². The number of thiazole rings is 1. The largest absolute Gasteiger partial charge is 0.481 e. The normalized spacial score (nSPS) is 19.3. The molecule has 11 heteroatoms. The number of amides is 2. The van der Waals surface area contributed by atoms with Crippen molar-refractivity contribution in [1.29, 1.82) is 0 Å². The first-order chi connectivity index (χ1) is 17.9. The summed E-state index contributed by atoms with van der Waals surface area (Å²) in [5.74, 6) is -1.79. The van der Waals surface area contributed by atoms with Gasteiger partial charge in [-0.1, -0.05) is 45.0 Å². The maximum Gasteiger partial charge on any atom is 0.303 e. The van der Waals surface area contributed by atoms with Crippen LogP contribution in [0.4, 0.5) is 0 Å². The van der Waals surface area contributed by atoms with Crippen molar-refractivity contribution in [3.8, 4) is 10.4 Å². The Bertz CT molecular complexity index is 1110. The van der Waals surface area contributed by atoms with E-state index in [-0.39, 0.29) is 32.2 Å². The number of hydrogen-bond acceptors (Lipinski definition) is 8. The van der Waals surface area contributed by atoms with Crippen molar-refractivity contribution >= 4 is 29.1 Å². The number of β-amino-alcohol motifs (C(OH)–C–C–N with tert-alkyl or cyclic N) is 1. The zero-order valence-corrected chi connectivity index (χ0v) is 23.1. The third-order valence-electron chi connectivity index (χ3n) is 6.66. The van der Waals surface area contributed by atoms with Crippen LogP contribution in [0.3, 0.4) is 0 Å². The quantitative estimate of drug-likeness (QED) is 0.269. The van der Waals surface area contributed by atoms with Crippen molar-refractivity contribution in [1.82, 2.24) is 20.5 Å². The average Bonchev–Trinajstić information content (AvgIpc) is 3.45. The van der Waals surface area contributed by atoms with Gasteiger partial charge in [-0.3, -0.25) is 19.7 Å². The van der Waals surface area contributed by atoms with E-state index in [0.717, 1.165) is 21.7 Å². The topological polar surface area (TPSA) is 152 Å². The molecule has 2 aromatic rings. The third-order valence-corrected chi connectivity index (χ3v) is 7.64. The minimum absolute atomic E-state index is 0.0102. The first-order valence-electron chi connectivity index (χ1n) is 12.8. The van der Waals surface area contributed by atoms with Crippen molar-refractivity contribution in [2.24, 2.45) is 5.41 Å². The number of carboxylic acids is 1. The van der Waals surface area contributed by atoms with Gasteiger partial charge in [0.2, 0.25) is 11.8 Å². The Kier molecular flexibility index (Phi) is 10.00. The number of nitrogens with zero attached hydrogens (tertiary/aromatic N) is 2. The van der Waals surface area contributed by atoms with Crippen LogP contribution in [0.15, 0.2) is 29.8 Å². The second-order valence-electron chi connectivity index (χ2n) is 10.9. The molecular formula is C27H38N4O6S. The number of carbonyl (C=O) groups excluding carboxylic acids is 2. The van der Waals surface area contributed by atoms with Crippen LogP contribution in [0, 0.1) is 12.3 Å². The standard InChI is InChI=1S/C27H38N4O6S/c1-16-23(38-15-29-16)18-10-8-17(9-11-18)13-28-25(36)20-12-19(32)14-31(20)26(37)24(27(2,3)4)30-21(33)6-5-7-22(34)35/h8-11,15,19-20,24-25,28,32,36H,5-7,12-14H2,1-4H3,(H,30,33)(H,34,35)/t19-,20+,24?,25?/m1/s1. The van der Waals surface area contributed by atoms with Crippen molar-refractivity contribution in [2.45, 2.75) is 84.3 Å². The summed E-state index contributed by atoms with van der Waals surface area (Å²) in [7, 11) is 0. The van der Waals surface area contributed by atoms with Gasteiger partial charge in [0.15, 0.2) is 0 Å². The Morgan fingerprint density at radius 2 is 1.87 bits per heavy atom. The van der Waals surface area contributed by atoms with E-state index in [0.29, 0.717) is 6.54 Å². The predicted molar refractivity (Wildman–Crippen MR) is 144 cm³/mol. The summed E-state index contributed by atoms with van der Waals surface area (Å²) in [6.45, 7) is 7.84. The van der Waals surface area contributed by atoms with Crippen LogP contribution in [-0.2, 0) is 20.9 Å². The van der Waals surface area contributed by atoms with Crippen molar-refractivity contribution < 1.29 is 29.7 Å². The molecule has 0 saturated carbocycles. The van der Waals surface area contributed by atoms with E-state index in [9.17, 15) is 24.6 Å². The summed E-state index contributed by atoms with van der Waals surface area (Å²) in [5, 5.41) is 35.9. The minimum Gasteiger partial charge on any atom is -0.481 e. The predicted octanol–water partition coefficient (Wildman–Crippen LogP) is 2.27. The van der Waals surface area contributed by atoms with Crippen LogP contribution >= 0.6 is 11.3 Å². The lowest BCUT2D eigenvalue weighted by Gasteiger charge is -2.37. The molecule has 10 nitrogen and oxygen atoms in total. The van der Waals surface area contributed by atoms with Gasteiger partial charge in [-0.15, -0.1) is 11.3 Å². The molecule has 1 aliphatic rings. The van der Waals surface area contributed by atoms with Crippen molar-refractivity contribution in [3.05, 3.63) is 41.0 Å². The summed E-state index contributed by atoms with van der Waals surface area (Å²) >= 11 is 1.58. The average molecular weight is 547 g/mol. The van der Waals surface area contributed by atoms with Gasteiger partial charge in [-0.2, -0.15) is 0 Å². The Morgan fingerprint density at radius 1 is 1.18 bits per heavy atom. The van der Waals surface area contributed by atoms with Gasteiger partial charge < -0.3 is 25.5 Å². The molecule has 1 aromatic heterocycles. The second-order valence-corrected chi connectivity index (χ2v) is 11.7. The molecule has 0 aliphatic carbocycles.